The Kier molecular flexibility index (Phi) is 4.31. The Morgan fingerprint density at radius 1 is 1.42 bits per heavy atom. The predicted octanol–water partition coefficient (Wildman–Crippen LogP) is 4.92. The maximum absolute atomic E-state index is 14.7. The molecule has 0 aromatic heterocycles. The summed E-state index contributed by atoms with van der Waals surface area (Å²) in [4.78, 5) is 1.71. The fraction of sp³-hybridized carbons (Fsp3) is 0.316. The standard InChI is InChI=1S/C19H18BrFN2O2S/c1-3-24-16-6-4-5-12-14-10-19(2,25-17(12)16)23(18(26)22-14)15-8-7-11(20)9-13(15)21/h4-9,14H,3,10H2,1-2H3,(H,22,26). The average Bonchev–Trinajstić information content (AvgIpc) is 2.57. The smallest absolute Gasteiger partial charge is 0.188 e. The molecular weight excluding hydrogens is 419 g/mol. The maximum Gasteiger partial charge on any atom is 0.188 e. The maximum atomic E-state index is 14.7. The SMILES string of the molecule is CCOc1cccc2c1OC1(C)CC2NC(=S)N1c1ccc(Br)cc1F. The highest BCUT2D eigenvalue weighted by molar-refractivity contribution is 9.10. The number of halogens is 2. The molecule has 26 heavy (non-hydrogen) atoms. The van der Waals surface area contributed by atoms with E-state index in [0.717, 1.165) is 5.56 Å². The zero-order valence-electron chi connectivity index (χ0n) is 14.4. The molecule has 136 valence electrons. The van der Waals surface area contributed by atoms with Crippen molar-refractivity contribution in [3.63, 3.8) is 0 Å². The number of rotatable bonds is 3. The highest BCUT2D eigenvalue weighted by Gasteiger charge is 2.49. The van der Waals surface area contributed by atoms with Gasteiger partial charge in [0.05, 0.1) is 18.3 Å². The second kappa shape index (κ2) is 6.39. The molecule has 1 N–H and O–H groups in total. The van der Waals surface area contributed by atoms with Crippen LogP contribution in [0.4, 0.5) is 10.1 Å². The molecule has 1 fully saturated rings. The van der Waals surface area contributed by atoms with Crippen LogP contribution in [0.3, 0.4) is 0 Å². The average molecular weight is 437 g/mol. The largest absolute Gasteiger partial charge is 0.490 e. The summed E-state index contributed by atoms with van der Waals surface area (Å²) >= 11 is 8.86. The lowest BCUT2D eigenvalue weighted by atomic mass is 9.90. The van der Waals surface area contributed by atoms with Crippen LogP contribution in [0, 0.1) is 5.82 Å². The third-order valence-electron chi connectivity index (χ3n) is 4.71. The topological polar surface area (TPSA) is 33.7 Å². The normalized spacial score (nSPS) is 23.8. The fourth-order valence-corrected chi connectivity index (χ4v) is 4.42. The van der Waals surface area contributed by atoms with Crippen LogP contribution >= 0.6 is 28.1 Å². The van der Waals surface area contributed by atoms with E-state index in [0.29, 0.717) is 39.8 Å². The minimum absolute atomic E-state index is 0.00795. The Labute approximate surface area is 165 Å². The van der Waals surface area contributed by atoms with Crippen LogP contribution in [0.15, 0.2) is 40.9 Å². The molecule has 1 saturated heterocycles. The third-order valence-corrected chi connectivity index (χ3v) is 5.51. The minimum Gasteiger partial charge on any atom is -0.490 e. The highest BCUT2D eigenvalue weighted by atomic mass is 79.9. The van der Waals surface area contributed by atoms with E-state index in [2.05, 4.69) is 21.2 Å². The number of fused-ring (bicyclic) bond motifs is 4. The highest BCUT2D eigenvalue weighted by Crippen LogP contribution is 2.49. The lowest BCUT2D eigenvalue weighted by Crippen LogP contribution is -2.65. The molecule has 2 heterocycles. The lowest BCUT2D eigenvalue weighted by molar-refractivity contribution is 0.0452. The van der Waals surface area contributed by atoms with E-state index in [1.807, 2.05) is 32.0 Å². The Morgan fingerprint density at radius 2 is 2.23 bits per heavy atom. The monoisotopic (exact) mass is 436 g/mol. The van der Waals surface area contributed by atoms with Crippen molar-refractivity contribution in [1.82, 2.24) is 5.32 Å². The fourth-order valence-electron chi connectivity index (χ4n) is 3.66. The first-order valence-electron chi connectivity index (χ1n) is 8.43. The Bertz CT molecular complexity index is 894. The van der Waals surface area contributed by atoms with Gasteiger partial charge in [-0.05, 0) is 50.3 Å². The van der Waals surface area contributed by atoms with E-state index in [1.165, 1.54) is 6.07 Å². The molecule has 2 unspecified atom stereocenters. The van der Waals surface area contributed by atoms with Crippen molar-refractivity contribution in [1.29, 1.82) is 0 Å². The van der Waals surface area contributed by atoms with Crippen molar-refractivity contribution in [2.45, 2.75) is 32.0 Å². The van der Waals surface area contributed by atoms with Crippen LogP contribution in [-0.2, 0) is 0 Å². The summed E-state index contributed by atoms with van der Waals surface area (Å²) in [6.45, 7) is 4.40. The molecule has 4 rings (SSSR count). The first kappa shape index (κ1) is 17.5. The number of hydrogen-bond donors (Lipinski definition) is 1. The van der Waals surface area contributed by atoms with Gasteiger partial charge in [-0.2, -0.15) is 0 Å². The van der Waals surface area contributed by atoms with Gasteiger partial charge in [0.25, 0.3) is 0 Å². The van der Waals surface area contributed by atoms with Crippen molar-refractivity contribution in [3.8, 4) is 11.5 Å². The van der Waals surface area contributed by atoms with Crippen molar-refractivity contribution < 1.29 is 13.9 Å². The molecule has 4 nitrogen and oxygen atoms in total. The van der Waals surface area contributed by atoms with Crippen molar-refractivity contribution in [2.75, 3.05) is 11.5 Å². The summed E-state index contributed by atoms with van der Waals surface area (Å²) in [5.74, 6) is 1.01. The summed E-state index contributed by atoms with van der Waals surface area (Å²) in [5, 5.41) is 3.77. The molecule has 2 aromatic rings. The van der Waals surface area contributed by atoms with Crippen LogP contribution in [-0.4, -0.2) is 17.4 Å². The van der Waals surface area contributed by atoms with Gasteiger partial charge in [0, 0.05) is 16.5 Å². The first-order valence-corrected chi connectivity index (χ1v) is 9.63. The van der Waals surface area contributed by atoms with Gasteiger partial charge in [0.1, 0.15) is 5.82 Å². The summed E-state index contributed by atoms with van der Waals surface area (Å²) in [6, 6.07) is 10.7. The minimum atomic E-state index is -0.818. The Balaban J connectivity index is 1.82. The van der Waals surface area contributed by atoms with Crippen LogP contribution in [0.2, 0.25) is 0 Å². The summed E-state index contributed by atoms with van der Waals surface area (Å²) in [5.41, 5.74) is 0.567. The molecule has 0 saturated carbocycles. The molecule has 0 spiro atoms. The van der Waals surface area contributed by atoms with E-state index < -0.39 is 5.72 Å². The predicted molar refractivity (Wildman–Crippen MR) is 106 cm³/mol. The van der Waals surface area contributed by atoms with Gasteiger partial charge in [-0.25, -0.2) is 4.39 Å². The zero-order valence-corrected chi connectivity index (χ0v) is 16.8. The second-order valence-electron chi connectivity index (χ2n) is 6.52. The van der Waals surface area contributed by atoms with E-state index in [9.17, 15) is 4.39 Å². The van der Waals surface area contributed by atoms with Gasteiger partial charge in [0.15, 0.2) is 22.3 Å². The lowest BCUT2D eigenvalue weighted by Gasteiger charge is -2.52. The van der Waals surface area contributed by atoms with Crippen LogP contribution in [0.25, 0.3) is 0 Å². The zero-order chi connectivity index (χ0) is 18.5. The third kappa shape index (κ3) is 2.74. The molecule has 2 atom stereocenters. The Morgan fingerprint density at radius 3 is 2.96 bits per heavy atom. The molecule has 2 aromatic carbocycles. The van der Waals surface area contributed by atoms with Gasteiger partial charge in [-0.15, -0.1) is 0 Å². The summed E-state index contributed by atoms with van der Waals surface area (Å²) < 4.78 is 27.5. The summed E-state index contributed by atoms with van der Waals surface area (Å²) in [6.07, 6.45) is 0.630. The first-order chi connectivity index (χ1) is 12.4. The summed E-state index contributed by atoms with van der Waals surface area (Å²) in [7, 11) is 0. The van der Waals surface area contributed by atoms with Crippen LogP contribution in [0.5, 0.6) is 11.5 Å². The number of nitrogens with one attached hydrogen (secondary N) is 1. The number of hydrogen-bond acceptors (Lipinski definition) is 3. The van der Waals surface area contributed by atoms with E-state index in [1.54, 1.807) is 17.0 Å². The molecule has 0 amide bonds. The van der Waals surface area contributed by atoms with Crippen LogP contribution in [0.1, 0.15) is 31.9 Å². The van der Waals surface area contributed by atoms with E-state index in [-0.39, 0.29) is 11.9 Å². The number of para-hydroxylation sites is 1. The van der Waals surface area contributed by atoms with E-state index >= 15 is 0 Å². The number of thiocarbonyl (C=S) groups is 1. The number of anilines is 1. The molecule has 0 radical (unpaired) electrons. The van der Waals surface area contributed by atoms with Gasteiger partial charge < -0.3 is 14.8 Å². The van der Waals surface area contributed by atoms with Crippen molar-refractivity contribution >= 4 is 38.9 Å². The van der Waals surface area contributed by atoms with Gasteiger partial charge >= 0.3 is 0 Å². The van der Waals surface area contributed by atoms with Crippen molar-refractivity contribution in [2.24, 2.45) is 0 Å². The molecule has 2 bridgehead atoms. The van der Waals surface area contributed by atoms with E-state index in [4.69, 9.17) is 21.7 Å². The Hall–Kier alpha value is -1.86. The van der Waals surface area contributed by atoms with Crippen LogP contribution < -0.4 is 19.7 Å². The molecular formula is C19H18BrFN2O2S. The number of nitrogens with zero attached hydrogens (tertiary/aromatic N) is 1. The molecule has 2 aliphatic heterocycles. The molecule has 2 aliphatic rings. The molecule has 0 aliphatic carbocycles. The van der Waals surface area contributed by atoms with Crippen molar-refractivity contribution in [3.05, 3.63) is 52.3 Å². The quantitative estimate of drug-likeness (QED) is 0.690. The van der Waals surface area contributed by atoms with Gasteiger partial charge in [-0.3, -0.25) is 4.90 Å². The van der Waals surface area contributed by atoms with Gasteiger partial charge in [-0.1, -0.05) is 28.1 Å². The van der Waals surface area contributed by atoms with Gasteiger partial charge in [0.2, 0.25) is 0 Å². The number of ether oxygens (including phenoxy) is 2. The number of benzene rings is 2. The second-order valence-corrected chi connectivity index (χ2v) is 7.82. The molecule has 7 heteroatoms.